The van der Waals surface area contributed by atoms with Gasteiger partial charge < -0.3 is 21.7 Å². The molecule has 0 spiro atoms. The van der Waals surface area contributed by atoms with Gasteiger partial charge in [-0.1, -0.05) is 6.07 Å². The monoisotopic (exact) mass is 579 g/mol. The molecule has 0 bridgehead atoms. The molecule has 0 unspecified atom stereocenters. The number of nitrogens with zero attached hydrogens (tertiary/aromatic N) is 4. The Balaban J connectivity index is 0.00000289. The molecule has 4 heterocycles. The van der Waals surface area contributed by atoms with Crippen molar-refractivity contribution in [1.29, 1.82) is 0 Å². The maximum atomic E-state index is 13.9. The van der Waals surface area contributed by atoms with Crippen LogP contribution < -0.4 is 21.7 Å². The Bertz CT molecular complexity index is 1440. The largest absolute Gasteiger partial charge is 1.00 e. The van der Waals surface area contributed by atoms with E-state index in [0.717, 1.165) is 28.1 Å². The zero-order valence-electron chi connectivity index (χ0n) is 18.6. The van der Waals surface area contributed by atoms with Crippen LogP contribution in [0.25, 0.3) is 32.9 Å². The Labute approximate surface area is 218 Å². The lowest BCUT2D eigenvalue weighted by atomic mass is 10.1. The number of aryl methyl sites for hydroxylation is 3. The fourth-order valence-corrected chi connectivity index (χ4v) is 5.29. The second kappa shape index (κ2) is 10.1. The number of hydrogen-bond acceptors (Lipinski definition) is 6. The molecule has 5 nitrogen and oxygen atoms in total. The summed E-state index contributed by atoms with van der Waals surface area (Å²) < 4.78 is 48.5. The fraction of sp³-hybridized carbons (Fsp3) is 0.208. The summed E-state index contributed by atoms with van der Waals surface area (Å²) in [5.74, 6) is 0.771. The molecule has 5 aromatic rings. The van der Waals surface area contributed by atoms with Crippen molar-refractivity contribution >= 4 is 33.7 Å². The van der Waals surface area contributed by atoms with E-state index < -0.39 is 11.7 Å². The lowest BCUT2D eigenvalue weighted by Crippen LogP contribution is -3.00. The average molecular weight is 580 g/mol. The number of fused-ring (bicyclic) bond motifs is 1. The normalized spacial score (nSPS) is 11.6. The van der Waals surface area contributed by atoms with Gasteiger partial charge in [-0.2, -0.15) is 18.3 Å². The van der Waals surface area contributed by atoms with E-state index >= 15 is 0 Å². The summed E-state index contributed by atoms with van der Waals surface area (Å²) in [4.78, 5) is 9.95. The number of alkyl halides is 3. The standard InChI is InChI=1S/C24H19F3N4OS2.BrH/c1-14-22-17(24(25,26)27)12-18(20-4-3-11-33-20)29-23(22)31(30-14)10-9-21-28-19(13-34-21)15-5-7-16(32-2)8-6-15;/h3-8,11-13H,9-10H2,1-2H3;1H/p-1. The second-order valence-corrected chi connectivity index (χ2v) is 9.53. The molecular formula is C24H19BrF3N4OS2-. The van der Waals surface area contributed by atoms with Gasteiger partial charge in [0.1, 0.15) is 5.75 Å². The van der Waals surface area contributed by atoms with Gasteiger partial charge in [0.2, 0.25) is 0 Å². The van der Waals surface area contributed by atoms with Crippen molar-refractivity contribution in [2.45, 2.75) is 26.1 Å². The number of methoxy groups -OCH3 is 1. The van der Waals surface area contributed by atoms with Crippen LogP contribution in [0.4, 0.5) is 13.2 Å². The fourth-order valence-electron chi connectivity index (χ4n) is 3.81. The molecule has 5 rings (SSSR count). The number of ether oxygens (including phenoxy) is 1. The summed E-state index contributed by atoms with van der Waals surface area (Å²) in [5, 5.41) is 9.12. The highest BCUT2D eigenvalue weighted by atomic mass is 79.9. The van der Waals surface area contributed by atoms with Gasteiger partial charge >= 0.3 is 6.18 Å². The van der Waals surface area contributed by atoms with Gasteiger partial charge in [-0.15, -0.1) is 22.7 Å². The first-order chi connectivity index (χ1) is 16.3. The van der Waals surface area contributed by atoms with E-state index in [2.05, 4.69) is 10.1 Å². The van der Waals surface area contributed by atoms with E-state index in [1.807, 2.05) is 35.0 Å². The molecule has 182 valence electrons. The summed E-state index contributed by atoms with van der Waals surface area (Å²) in [6.07, 6.45) is -3.97. The molecule has 0 atom stereocenters. The van der Waals surface area contributed by atoms with Crippen LogP contribution >= 0.6 is 22.7 Å². The van der Waals surface area contributed by atoms with Crippen molar-refractivity contribution in [3.63, 3.8) is 0 Å². The Hall–Kier alpha value is -2.76. The van der Waals surface area contributed by atoms with Crippen LogP contribution in [0.15, 0.2) is 53.2 Å². The number of pyridine rings is 1. The Morgan fingerprint density at radius 1 is 1.03 bits per heavy atom. The highest BCUT2D eigenvalue weighted by Gasteiger charge is 2.35. The van der Waals surface area contributed by atoms with Gasteiger partial charge in [-0.25, -0.2) is 14.6 Å². The average Bonchev–Trinajstić information content (AvgIpc) is 3.58. The number of thiophene rings is 1. The molecule has 4 aromatic heterocycles. The first-order valence-electron chi connectivity index (χ1n) is 10.4. The number of hydrogen-bond donors (Lipinski definition) is 0. The number of aromatic nitrogens is 4. The van der Waals surface area contributed by atoms with E-state index in [1.54, 1.807) is 30.8 Å². The zero-order chi connectivity index (χ0) is 23.9. The first-order valence-corrected chi connectivity index (χ1v) is 12.2. The van der Waals surface area contributed by atoms with Gasteiger partial charge in [0.15, 0.2) is 5.65 Å². The van der Waals surface area contributed by atoms with Gasteiger partial charge in [0.05, 0.1) is 45.0 Å². The zero-order valence-corrected chi connectivity index (χ0v) is 21.9. The molecule has 11 heteroatoms. The van der Waals surface area contributed by atoms with Crippen molar-refractivity contribution < 1.29 is 34.9 Å². The molecule has 0 saturated carbocycles. The van der Waals surface area contributed by atoms with Crippen molar-refractivity contribution in [2.75, 3.05) is 7.11 Å². The number of thiazole rings is 1. The lowest BCUT2D eigenvalue weighted by Gasteiger charge is -2.11. The van der Waals surface area contributed by atoms with Crippen LogP contribution in [-0.2, 0) is 19.1 Å². The maximum Gasteiger partial charge on any atom is 0.417 e. The van der Waals surface area contributed by atoms with Gasteiger partial charge in [-0.05, 0) is 48.7 Å². The second-order valence-electron chi connectivity index (χ2n) is 7.64. The first kappa shape index (κ1) is 25.3. The van der Waals surface area contributed by atoms with E-state index in [1.165, 1.54) is 22.7 Å². The molecule has 35 heavy (non-hydrogen) atoms. The summed E-state index contributed by atoms with van der Waals surface area (Å²) in [6.45, 7) is 1.96. The third-order valence-electron chi connectivity index (χ3n) is 5.43. The number of rotatable bonds is 6. The number of halogens is 4. The van der Waals surface area contributed by atoms with Crippen LogP contribution in [0.2, 0.25) is 0 Å². The molecule has 1 aromatic carbocycles. The topological polar surface area (TPSA) is 52.8 Å². The number of benzene rings is 1. The van der Waals surface area contributed by atoms with E-state index in [9.17, 15) is 13.2 Å². The molecule has 0 aliphatic rings. The quantitative estimate of drug-likeness (QED) is 0.306. The Morgan fingerprint density at radius 2 is 1.80 bits per heavy atom. The molecular weight excluding hydrogens is 561 g/mol. The predicted octanol–water partition coefficient (Wildman–Crippen LogP) is 3.87. The van der Waals surface area contributed by atoms with Crippen LogP contribution in [0.5, 0.6) is 5.75 Å². The van der Waals surface area contributed by atoms with Crippen molar-refractivity contribution in [2.24, 2.45) is 0 Å². The Kier molecular flexibility index (Phi) is 7.30. The SMILES string of the molecule is COc1ccc(-c2csc(CCn3nc(C)c4c(C(F)(F)F)cc(-c5cccs5)nc43)n2)cc1.[Br-]. The minimum Gasteiger partial charge on any atom is -1.00 e. The van der Waals surface area contributed by atoms with Crippen molar-refractivity contribution in [1.82, 2.24) is 19.7 Å². The van der Waals surface area contributed by atoms with Crippen molar-refractivity contribution in [3.05, 3.63) is 69.5 Å². The van der Waals surface area contributed by atoms with E-state index in [4.69, 9.17) is 9.72 Å². The summed E-state index contributed by atoms with van der Waals surface area (Å²) in [6, 6.07) is 12.3. The maximum absolute atomic E-state index is 13.9. The van der Waals surface area contributed by atoms with E-state index in [-0.39, 0.29) is 28.0 Å². The van der Waals surface area contributed by atoms with Gasteiger partial charge in [0.25, 0.3) is 0 Å². The highest BCUT2D eigenvalue weighted by Crippen LogP contribution is 2.39. The van der Waals surface area contributed by atoms with Crippen molar-refractivity contribution in [3.8, 4) is 27.6 Å². The van der Waals surface area contributed by atoms with E-state index in [0.29, 0.717) is 29.2 Å². The third kappa shape index (κ3) is 5.12. The summed E-state index contributed by atoms with van der Waals surface area (Å²) in [5.41, 5.74) is 1.96. The third-order valence-corrected chi connectivity index (χ3v) is 7.23. The molecule has 0 aliphatic heterocycles. The predicted molar refractivity (Wildman–Crippen MR) is 128 cm³/mol. The minimum absolute atomic E-state index is 0. The Morgan fingerprint density at radius 3 is 2.46 bits per heavy atom. The van der Waals surface area contributed by atoms with Crippen LogP contribution in [0.3, 0.4) is 0 Å². The van der Waals surface area contributed by atoms with Gasteiger partial charge in [0, 0.05) is 23.9 Å². The lowest BCUT2D eigenvalue weighted by molar-refractivity contribution is -0.136. The molecule has 0 fully saturated rings. The molecule has 0 N–H and O–H groups in total. The van der Waals surface area contributed by atoms with Crippen LogP contribution in [0, 0.1) is 6.92 Å². The van der Waals surface area contributed by atoms with Crippen LogP contribution in [0.1, 0.15) is 16.3 Å². The van der Waals surface area contributed by atoms with Gasteiger partial charge in [-0.3, -0.25) is 0 Å². The molecule has 0 radical (unpaired) electrons. The molecule has 0 aliphatic carbocycles. The molecule has 0 saturated heterocycles. The van der Waals surface area contributed by atoms with Crippen LogP contribution in [-0.4, -0.2) is 26.9 Å². The smallest absolute Gasteiger partial charge is 0.417 e. The molecule has 0 amide bonds. The highest BCUT2D eigenvalue weighted by molar-refractivity contribution is 7.13. The minimum atomic E-state index is -4.51. The summed E-state index contributed by atoms with van der Waals surface area (Å²) >= 11 is 2.87. The summed E-state index contributed by atoms with van der Waals surface area (Å²) in [7, 11) is 1.62.